The molecule has 0 amide bonds. The van der Waals surface area contributed by atoms with Crippen molar-refractivity contribution in [3.63, 3.8) is 0 Å². The first-order valence-electron chi connectivity index (χ1n) is 9.77. The van der Waals surface area contributed by atoms with Crippen LogP contribution >= 0.6 is 0 Å². The van der Waals surface area contributed by atoms with Crippen LogP contribution in [-0.4, -0.2) is 36.6 Å². The molecule has 0 saturated carbocycles. The summed E-state index contributed by atoms with van der Waals surface area (Å²) in [6, 6.07) is 9.10. The Balaban J connectivity index is 1.85. The molecular weight excluding hydrogens is 368 g/mol. The Kier molecular flexibility index (Phi) is 6.49. The summed E-state index contributed by atoms with van der Waals surface area (Å²) in [7, 11) is 0. The number of unbranched alkanes of at least 4 members (excludes halogenated alkanes) is 1. The molecule has 0 aliphatic heterocycles. The van der Waals surface area contributed by atoms with E-state index in [4.69, 9.17) is 0 Å². The average Bonchev–Trinajstić information content (AvgIpc) is 3.14. The SMILES string of the molecule is CCCCc1nc(C(=O)CC)nn1Cc1ccc(-c2cnccc2C(=O)O)cc1. The van der Waals surface area contributed by atoms with Crippen LogP contribution in [0.2, 0.25) is 0 Å². The van der Waals surface area contributed by atoms with Crippen molar-refractivity contribution in [2.45, 2.75) is 46.1 Å². The van der Waals surface area contributed by atoms with Gasteiger partial charge in [-0.15, -0.1) is 5.10 Å². The van der Waals surface area contributed by atoms with E-state index in [1.165, 1.54) is 12.3 Å². The number of carbonyl (C=O) groups is 2. The molecule has 0 saturated heterocycles. The number of aryl methyl sites for hydroxylation is 1. The van der Waals surface area contributed by atoms with Crippen molar-refractivity contribution in [2.24, 2.45) is 0 Å². The van der Waals surface area contributed by atoms with Crippen LogP contribution in [0.4, 0.5) is 0 Å². The van der Waals surface area contributed by atoms with E-state index in [1.807, 2.05) is 24.3 Å². The van der Waals surface area contributed by atoms with Crippen LogP contribution < -0.4 is 0 Å². The Morgan fingerprint density at radius 2 is 1.86 bits per heavy atom. The number of carbonyl (C=O) groups excluding carboxylic acids is 1. The lowest BCUT2D eigenvalue weighted by atomic mass is 10.0. The number of carboxylic acids is 1. The van der Waals surface area contributed by atoms with E-state index in [9.17, 15) is 14.7 Å². The number of hydrogen-bond acceptors (Lipinski definition) is 5. The zero-order chi connectivity index (χ0) is 20.8. The first-order valence-corrected chi connectivity index (χ1v) is 9.77. The maximum absolute atomic E-state index is 12.0. The minimum Gasteiger partial charge on any atom is -0.478 e. The highest BCUT2D eigenvalue weighted by Crippen LogP contribution is 2.23. The molecule has 0 aliphatic carbocycles. The van der Waals surface area contributed by atoms with E-state index < -0.39 is 5.97 Å². The minimum absolute atomic E-state index is 0.0605. The van der Waals surface area contributed by atoms with Gasteiger partial charge in [0, 0.05) is 30.8 Å². The standard InChI is InChI=1S/C22H24N4O3/c1-3-5-6-20-24-21(19(27)4-2)25-26(20)14-15-7-9-16(10-8-15)18-13-23-12-11-17(18)22(28)29/h7-13H,3-6,14H2,1-2H3,(H,28,29). The topological polar surface area (TPSA) is 98.0 Å². The van der Waals surface area contributed by atoms with E-state index in [2.05, 4.69) is 22.0 Å². The Morgan fingerprint density at radius 1 is 1.10 bits per heavy atom. The third kappa shape index (κ3) is 4.74. The van der Waals surface area contributed by atoms with E-state index in [-0.39, 0.29) is 17.2 Å². The van der Waals surface area contributed by atoms with Gasteiger partial charge in [0.2, 0.25) is 11.6 Å². The number of ketones is 1. The summed E-state index contributed by atoms with van der Waals surface area (Å²) in [5.74, 6) is 0.0437. The molecule has 0 aliphatic rings. The predicted octanol–water partition coefficient (Wildman–Crippen LogP) is 4.02. The van der Waals surface area contributed by atoms with Gasteiger partial charge >= 0.3 is 5.97 Å². The molecule has 3 aromatic rings. The maximum Gasteiger partial charge on any atom is 0.336 e. The molecule has 0 unspecified atom stereocenters. The molecule has 7 heteroatoms. The Labute approximate surface area is 169 Å². The van der Waals surface area contributed by atoms with Crippen LogP contribution in [0.15, 0.2) is 42.7 Å². The molecule has 1 aromatic carbocycles. The lowest BCUT2D eigenvalue weighted by molar-refractivity contribution is 0.0697. The van der Waals surface area contributed by atoms with Gasteiger partial charge in [0.1, 0.15) is 5.82 Å². The number of Topliss-reactive ketones (excluding diaryl/α,β-unsaturated/α-hetero) is 1. The maximum atomic E-state index is 12.0. The first-order chi connectivity index (χ1) is 14.0. The quantitative estimate of drug-likeness (QED) is 0.552. The zero-order valence-electron chi connectivity index (χ0n) is 16.6. The molecule has 0 bridgehead atoms. The number of carboxylic acid groups (broad SMARTS) is 1. The number of pyridine rings is 1. The molecule has 1 N–H and O–H groups in total. The van der Waals surface area contributed by atoms with Crippen molar-refractivity contribution in [3.8, 4) is 11.1 Å². The number of rotatable bonds is 9. The van der Waals surface area contributed by atoms with Crippen LogP contribution in [0.3, 0.4) is 0 Å². The van der Waals surface area contributed by atoms with Crippen LogP contribution in [0, 0.1) is 0 Å². The number of hydrogen-bond donors (Lipinski definition) is 1. The van der Waals surface area contributed by atoms with Crippen LogP contribution in [0.5, 0.6) is 0 Å². The summed E-state index contributed by atoms with van der Waals surface area (Å²) in [6.45, 7) is 4.42. The highest BCUT2D eigenvalue weighted by molar-refractivity contribution is 5.95. The Bertz CT molecular complexity index is 1010. The van der Waals surface area contributed by atoms with Crippen molar-refractivity contribution < 1.29 is 14.7 Å². The highest BCUT2D eigenvalue weighted by Gasteiger charge is 2.15. The molecule has 2 heterocycles. The molecule has 0 atom stereocenters. The fraction of sp³-hybridized carbons (Fsp3) is 0.318. The third-order valence-corrected chi connectivity index (χ3v) is 4.72. The van der Waals surface area contributed by atoms with Crippen LogP contribution in [-0.2, 0) is 13.0 Å². The summed E-state index contributed by atoms with van der Waals surface area (Å²) in [5, 5.41) is 13.8. The van der Waals surface area contributed by atoms with Gasteiger partial charge < -0.3 is 5.11 Å². The van der Waals surface area contributed by atoms with Crippen LogP contribution in [0.25, 0.3) is 11.1 Å². The molecule has 0 spiro atoms. The van der Waals surface area contributed by atoms with E-state index in [0.717, 1.165) is 36.2 Å². The van der Waals surface area contributed by atoms with Crippen molar-refractivity contribution in [1.82, 2.24) is 19.7 Å². The molecule has 0 fully saturated rings. The Hall–Kier alpha value is -3.35. The molecule has 3 rings (SSSR count). The van der Waals surface area contributed by atoms with Gasteiger partial charge in [-0.2, -0.15) is 0 Å². The number of nitrogens with zero attached hydrogens (tertiary/aromatic N) is 4. The number of benzene rings is 1. The smallest absolute Gasteiger partial charge is 0.336 e. The van der Waals surface area contributed by atoms with Gasteiger partial charge in [-0.3, -0.25) is 9.78 Å². The second kappa shape index (κ2) is 9.23. The van der Waals surface area contributed by atoms with Crippen molar-refractivity contribution in [1.29, 1.82) is 0 Å². The molecule has 150 valence electrons. The first kappa shape index (κ1) is 20.4. The molecule has 2 aromatic heterocycles. The molecular formula is C22H24N4O3. The molecule has 7 nitrogen and oxygen atoms in total. The fourth-order valence-electron chi connectivity index (χ4n) is 3.07. The Morgan fingerprint density at radius 3 is 2.52 bits per heavy atom. The van der Waals surface area contributed by atoms with Gasteiger partial charge in [0.25, 0.3) is 0 Å². The normalized spacial score (nSPS) is 10.8. The third-order valence-electron chi connectivity index (χ3n) is 4.72. The second-order valence-electron chi connectivity index (χ2n) is 6.81. The summed E-state index contributed by atoms with van der Waals surface area (Å²) >= 11 is 0. The van der Waals surface area contributed by atoms with Crippen LogP contribution in [0.1, 0.15) is 65.5 Å². The van der Waals surface area contributed by atoms with E-state index >= 15 is 0 Å². The second-order valence-corrected chi connectivity index (χ2v) is 6.81. The average molecular weight is 392 g/mol. The lowest BCUT2D eigenvalue weighted by Gasteiger charge is -2.08. The molecule has 0 radical (unpaired) electrons. The summed E-state index contributed by atoms with van der Waals surface area (Å²) in [5.41, 5.74) is 2.57. The van der Waals surface area contributed by atoms with E-state index in [1.54, 1.807) is 17.8 Å². The van der Waals surface area contributed by atoms with Gasteiger partial charge in [0.05, 0.1) is 12.1 Å². The fourth-order valence-corrected chi connectivity index (χ4v) is 3.07. The number of aromatic carboxylic acids is 1. The zero-order valence-corrected chi connectivity index (χ0v) is 16.6. The summed E-state index contributed by atoms with van der Waals surface area (Å²) in [4.78, 5) is 31.9. The lowest BCUT2D eigenvalue weighted by Crippen LogP contribution is -2.08. The highest BCUT2D eigenvalue weighted by atomic mass is 16.4. The minimum atomic E-state index is -0.984. The van der Waals surface area contributed by atoms with Gasteiger partial charge in [-0.1, -0.05) is 44.5 Å². The molecule has 29 heavy (non-hydrogen) atoms. The van der Waals surface area contributed by atoms with Crippen molar-refractivity contribution in [2.75, 3.05) is 0 Å². The number of aromatic nitrogens is 4. The van der Waals surface area contributed by atoms with E-state index in [0.29, 0.717) is 18.5 Å². The summed E-state index contributed by atoms with van der Waals surface area (Å²) < 4.78 is 1.79. The van der Waals surface area contributed by atoms with Gasteiger partial charge in [-0.05, 0) is 23.6 Å². The summed E-state index contributed by atoms with van der Waals surface area (Å²) in [6.07, 6.45) is 6.20. The van der Waals surface area contributed by atoms with Gasteiger partial charge in [-0.25, -0.2) is 14.5 Å². The monoisotopic (exact) mass is 392 g/mol. The largest absolute Gasteiger partial charge is 0.478 e. The van der Waals surface area contributed by atoms with Crippen molar-refractivity contribution in [3.05, 3.63) is 65.5 Å². The van der Waals surface area contributed by atoms with Gasteiger partial charge in [0.15, 0.2) is 0 Å². The predicted molar refractivity (Wildman–Crippen MR) is 109 cm³/mol. The van der Waals surface area contributed by atoms with Crippen molar-refractivity contribution >= 4 is 11.8 Å².